The first kappa shape index (κ1) is 13.2. The van der Waals surface area contributed by atoms with Crippen molar-refractivity contribution in [2.75, 3.05) is 5.32 Å². The predicted octanol–water partition coefficient (Wildman–Crippen LogP) is 4.35. The lowest BCUT2D eigenvalue weighted by Crippen LogP contribution is -2.13. The van der Waals surface area contributed by atoms with Gasteiger partial charge < -0.3 is 5.32 Å². The van der Waals surface area contributed by atoms with Gasteiger partial charge in [0.2, 0.25) is 0 Å². The van der Waals surface area contributed by atoms with Gasteiger partial charge in [-0.25, -0.2) is 8.78 Å². The number of hydrogen-bond acceptors (Lipinski definition) is 2. The van der Waals surface area contributed by atoms with Crippen molar-refractivity contribution in [1.82, 2.24) is 0 Å². The monoisotopic (exact) mass is 331 g/mol. The van der Waals surface area contributed by atoms with E-state index in [9.17, 15) is 13.6 Å². The molecule has 1 heterocycles. The number of thiophene rings is 1. The van der Waals surface area contributed by atoms with Crippen LogP contribution in [0.5, 0.6) is 0 Å². The smallest absolute Gasteiger partial charge is 0.256 e. The molecule has 2 nitrogen and oxygen atoms in total. The van der Waals surface area contributed by atoms with Crippen LogP contribution in [0.1, 0.15) is 15.9 Å². The van der Waals surface area contributed by atoms with E-state index in [1.807, 2.05) is 5.38 Å². The summed E-state index contributed by atoms with van der Waals surface area (Å²) in [6, 6.07) is 1.92. The van der Waals surface area contributed by atoms with Crippen LogP contribution < -0.4 is 5.32 Å². The first-order valence-corrected chi connectivity index (χ1v) is 6.71. The van der Waals surface area contributed by atoms with Gasteiger partial charge in [0.05, 0.1) is 15.7 Å². The molecule has 0 spiro atoms. The zero-order chi connectivity index (χ0) is 13.3. The van der Waals surface area contributed by atoms with Crippen molar-refractivity contribution in [3.05, 3.63) is 50.1 Å². The van der Waals surface area contributed by atoms with Crippen molar-refractivity contribution in [1.29, 1.82) is 0 Å². The highest BCUT2D eigenvalue weighted by atomic mass is 79.9. The summed E-state index contributed by atoms with van der Waals surface area (Å²) >= 11 is 4.25. The summed E-state index contributed by atoms with van der Waals surface area (Å²) in [4.78, 5) is 11.8. The molecule has 0 saturated heterocycles. The first-order valence-electron chi connectivity index (χ1n) is 4.97. The molecule has 2 rings (SSSR count). The molecule has 2 aromatic rings. The second-order valence-electron chi connectivity index (χ2n) is 3.67. The van der Waals surface area contributed by atoms with Gasteiger partial charge in [-0.15, -0.1) is 0 Å². The average Bonchev–Trinajstić information content (AvgIpc) is 2.72. The van der Waals surface area contributed by atoms with E-state index in [-0.39, 0.29) is 10.2 Å². The molecule has 0 radical (unpaired) electrons. The molecule has 6 heteroatoms. The molecule has 0 aliphatic rings. The first-order chi connectivity index (χ1) is 8.49. The number of hydrogen-bond donors (Lipinski definition) is 1. The topological polar surface area (TPSA) is 29.1 Å². The van der Waals surface area contributed by atoms with E-state index in [1.165, 1.54) is 11.3 Å². The maximum absolute atomic E-state index is 13.5. The van der Waals surface area contributed by atoms with Crippen LogP contribution in [0.2, 0.25) is 0 Å². The van der Waals surface area contributed by atoms with Gasteiger partial charge in [-0.05, 0) is 39.9 Å². The van der Waals surface area contributed by atoms with Gasteiger partial charge in [0, 0.05) is 11.4 Å². The Bertz CT molecular complexity index is 612. The number of halogens is 3. The normalized spacial score (nSPS) is 10.4. The molecule has 0 aliphatic carbocycles. The highest BCUT2D eigenvalue weighted by molar-refractivity contribution is 9.10. The fourth-order valence-corrected chi connectivity index (χ4v) is 2.54. The Morgan fingerprint density at radius 2 is 2.00 bits per heavy atom. The van der Waals surface area contributed by atoms with E-state index >= 15 is 0 Å². The predicted molar refractivity (Wildman–Crippen MR) is 71.1 cm³/mol. The molecule has 1 amide bonds. The van der Waals surface area contributed by atoms with Crippen LogP contribution in [-0.4, -0.2) is 5.91 Å². The van der Waals surface area contributed by atoms with Gasteiger partial charge in [-0.2, -0.15) is 11.3 Å². The van der Waals surface area contributed by atoms with Gasteiger partial charge >= 0.3 is 0 Å². The van der Waals surface area contributed by atoms with E-state index in [4.69, 9.17) is 0 Å². The maximum atomic E-state index is 13.5. The zero-order valence-electron chi connectivity index (χ0n) is 9.26. The van der Waals surface area contributed by atoms with Crippen LogP contribution in [0.3, 0.4) is 0 Å². The highest BCUT2D eigenvalue weighted by Crippen LogP contribution is 2.24. The third kappa shape index (κ3) is 2.59. The maximum Gasteiger partial charge on any atom is 0.256 e. The van der Waals surface area contributed by atoms with Crippen molar-refractivity contribution in [3.63, 3.8) is 0 Å². The Balaban J connectivity index is 2.28. The zero-order valence-corrected chi connectivity index (χ0v) is 11.7. The largest absolute Gasteiger partial charge is 0.319 e. The summed E-state index contributed by atoms with van der Waals surface area (Å²) in [6.07, 6.45) is 0. The summed E-state index contributed by atoms with van der Waals surface area (Å²) in [5.74, 6) is -1.77. The fourth-order valence-electron chi connectivity index (χ4n) is 1.40. The minimum absolute atomic E-state index is 0.0183. The number of aryl methyl sites for hydroxylation is 1. The van der Waals surface area contributed by atoms with Crippen LogP contribution in [0, 0.1) is 18.6 Å². The average molecular weight is 332 g/mol. The Hall–Kier alpha value is -1.27. The summed E-state index contributed by atoms with van der Waals surface area (Å²) < 4.78 is 26.8. The summed E-state index contributed by atoms with van der Waals surface area (Å²) in [5, 5.41) is 5.83. The molecule has 0 saturated carbocycles. The molecule has 1 N–H and O–H groups in total. The van der Waals surface area contributed by atoms with Gasteiger partial charge in [0.25, 0.3) is 5.91 Å². The summed E-state index contributed by atoms with van der Waals surface area (Å²) in [6.45, 7) is 1.78. The van der Waals surface area contributed by atoms with Crippen LogP contribution in [0.25, 0.3) is 0 Å². The lowest BCUT2D eigenvalue weighted by Gasteiger charge is -2.07. The van der Waals surface area contributed by atoms with Crippen LogP contribution in [0.15, 0.2) is 27.4 Å². The lowest BCUT2D eigenvalue weighted by atomic mass is 10.2. The quantitative estimate of drug-likeness (QED) is 0.814. The molecular weight excluding hydrogens is 324 g/mol. The van der Waals surface area contributed by atoms with E-state index in [0.717, 1.165) is 17.7 Å². The Kier molecular flexibility index (Phi) is 3.77. The minimum Gasteiger partial charge on any atom is -0.319 e. The van der Waals surface area contributed by atoms with Crippen LogP contribution in [-0.2, 0) is 0 Å². The number of amides is 1. The number of carbonyl (C=O) groups excluding carboxylic acids is 1. The fraction of sp³-hybridized carbons (Fsp3) is 0.0833. The van der Waals surface area contributed by atoms with Gasteiger partial charge in [0.15, 0.2) is 0 Å². The molecule has 1 aromatic heterocycles. The van der Waals surface area contributed by atoms with Crippen molar-refractivity contribution in [2.45, 2.75) is 6.92 Å². The van der Waals surface area contributed by atoms with Gasteiger partial charge in [-0.1, -0.05) is 0 Å². The molecule has 0 unspecified atom stereocenters. The number of benzene rings is 1. The SMILES string of the molecule is Cc1cscc1C(=O)Nc1cc(F)c(Br)cc1F. The molecule has 94 valence electrons. The second-order valence-corrected chi connectivity index (χ2v) is 5.27. The third-order valence-corrected chi connectivity index (χ3v) is 3.83. The molecule has 0 atom stereocenters. The van der Waals surface area contributed by atoms with E-state index in [2.05, 4.69) is 21.2 Å². The third-order valence-electron chi connectivity index (χ3n) is 2.36. The molecular formula is C12H8BrF2NOS. The van der Waals surface area contributed by atoms with Gasteiger partial charge in [0.1, 0.15) is 11.6 Å². The molecule has 0 fully saturated rings. The molecule has 18 heavy (non-hydrogen) atoms. The van der Waals surface area contributed by atoms with Gasteiger partial charge in [-0.3, -0.25) is 4.79 Å². The standard InChI is InChI=1S/C12H8BrF2NOS/c1-6-4-18-5-7(6)12(17)16-11-3-9(14)8(13)2-10(11)15/h2-5H,1H3,(H,16,17). The Morgan fingerprint density at radius 3 is 2.61 bits per heavy atom. The number of anilines is 1. The number of carbonyl (C=O) groups is 1. The van der Waals surface area contributed by atoms with Crippen molar-refractivity contribution in [3.8, 4) is 0 Å². The van der Waals surface area contributed by atoms with Crippen molar-refractivity contribution < 1.29 is 13.6 Å². The van der Waals surface area contributed by atoms with Crippen molar-refractivity contribution >= 4 is 38.9 Å². The van der Waals surface area contributed by atoms with Crippen LogP contribution in [0.4, 0.5) is 14.5 Å². The Labute approximate surface area is 115 Å². The molecule has 0 aliphatic heterocycles. The van der Waals surface area contributed by atoms with Crippen LogP contribution >= 0.6 is 27.3 Å². The number of rotatable bonds is 2. The molecule has 0 bridgehead atoms. The summed E-state index contributed by atoms with van der Waals surface area (Å²) in [7, 11) is 0. The van der Waals surface area contributed by atoms with E-state index < -0.39 is 17.5 Å². The summed E-state index contributed by atoms with van der Waals surface area (Å²) in [5.41, 5.74) is 1.09. The highest BCUT2D eigenvalue weighted by Gasteiger charge is 2.14. The van der Waals surface area contributed by atoms with Crippen molar-refractivity contribution in [2.24, 2.45) is 0 Å². The minimum atomic E-state index is -0.690. The second kappa shape index (κ2) is 5.16. The number of nitrogens with one attached hydrogen (secondary N) is 1. The lowest BCUT2D eigenvalue weighted by molar-refractivity contribution is 0.102. The Morgan fingerprint density at radius 1 is 1.28 bits per heavy atom. The van der Waals surface area contributed by atoms with E-state index in [0.29, 0.717) is 5.56 Å². The van der Waals surface area contributed by atoms with E-state index in [1.54, 1.807) is 12.3 Å². The molecule has 1 aromatic carbocycles.